The topological polar surface area (TPSA) is 98.6 Å². The fourth-order valence-electron chi connectivity index (χ4n) is 6.90. The van der Waals surface area contributed by atoms with Gasteiger partial charge in [0, 0.05) is 55.1 Å². The van der Waals surface area contributed by atoms with Crippen molar-refractivity contribution in [1.82, 2.24) is 20.1 Å². The Hall–Kier alpha value is -3.88. The molecule has 5 rings (SSSR count). The number of nitrogens with zero attached hydrogens (tertiary/aromatic N) is 4. The Morgan fingerprint density at radius 2 is 1.80 bits per heavy atom. The van der Waals surface area contributed by atoms with Crippen LogP contribution in [0.4, 0.5) is 10.5 Å². The number of nitrogens with one attached hydrogen (secondary N) is 1. The molecule has 45 heavy (non-hydrogen) atoms. The van der Waals surface area contributed by atoms with E-state index in [1.807, 2.05) is 23.9 Å². The Kier molecular flexibility index (Phi) is 11.1. The number of anilines is 1. The van der Waals surface area contributed by atoms with Crippen molar-refractivity contribution in [1.29, 1.82) is 0 Å². The number of benzene rings is 1. The maximum absolute atomic E-state index is 14.3. The number of hydrogen-bond donors (Lipinski definition) is 1. The van der Waals surface area contributed by atoms with Crippen molar-refractivity contribution in [2.24, 2.45) is 11.8 Å². The molecule has 0 aliphatic heterocycles. The van der Waals surface area contributed by atoms with Crippen molar-refractivity contribution in [2.75, 3.05) is 25.6 Å². The minimum atomic E-state index is -0.406. The van der Waals surface area contributed by atoms with Gasteiger partial charge in [-0.3, -0.25) is 14.5 Å². The van der Waals surface area contributed by atoms with Gasteiger partial charge in [0.2, 0.25) is 5.91 Å². The van der Waals surface area contributed by atoms with E-state index in [0.717, 1.165) is 91.9 Å². The van der Waals surface area contributed by atoms with E-state index in [0.29, 0.717) is 31.2 Å². The number of unbranched alkanes of at least 4 members (excludes halogenated alkanes) is 1. The van der Waals surface area contributed by atoms with Crippen LogP contribution in [-0.2, 0) is 16.1 Å². The van der Waals surface area contributed by atoms with E-state index in [1.54, 1.807) is 14.2 Å². The molecule has 2 heterocycles. The van der Waals surface area contributed by atoms with Crippen molar-refractivity contribution >= 4 is 17.7 Å². The summed E-state index contributed by atoms with van der Waals surface area (Å²) in [5, 5.41) is 7.10. The number of aromatic nitrogens is 3. The third-order valence-electron chi connectivity index (χ3n) is 9.62. The highest BCUT2D eigenvalue weighted by molar-refractivity contribution is 5.95. The van der Waals surface area contributed by atoms with Crippen LogP contribution >= 0.6 is 0 Å². The summed E-state index contributed by atoms with van der Waals surface area (Å²) in [6.45, 7) is 5.79. The first-order valence-corrected chi connectivity index (χ1v) is 16.7. The normalized spacial score (nSPS) is 21.6. The summed E-state index contributed by atoms with van der Waals surface area (Å²) in [5.41, 5.74) is 5.15. The molecule has 9 heteroatoms. The lowest BCUT2D eigenvalue weighted by Crippen LogP contribution is -2.42. The number of ether oxygens (including phenoxy) is 2. The molecular weight excluding hydrogens is 566 g/mol. The van der Waals surface area contributed by atoms with Crippen molar-refractivity contribution < 1.29 is 19.1 Å². The van der Waals surface area contributed by atoms with Gasteiger partial charge < -0.3 is 19.7 Å². The molecule has 242 valence electrons. The SMILES string of the molecule is CCCCn1cc(-c2cccc(N(C[C@H]3CC[C@H](c4ccc(OC)c(C)n4)CC3)C(=O)[C@H]3CC[C@H](OC(=O)NC)CC3)c2)cn1. The summed E-state index contributed by atoms with van der Waals surface area (Å²) in [5.74, 6) is 1.76. The molecule has 0 saturated heterocycles. The maximum atomic E-state index is 14.3. The number of alkyl carbamates (subject to hydrolysis) is 1. The average molecular weight is 616 g/mol. The number of pyridine rings is 1. The van der Waals surface area contributed by atoms with E-state index in [4.69, 9.17) is 14.5 Å². The van der Waals surface area contributed by atoms with Crippen LogP contribution in [0.1, 0.15) is 88.4 Å². The second kappa shape index (κ2) is 15.4. The zero-order valence-electron chi connectivity index (χ0n) is 27.3. The van der Waals surface area contributed by atoms with E-state index in [9.17, 15) is 9.59 Å². The van der Waals surface area contributed by atoms with Gasteiger partial charge in [-0.15, -0.1) is 0 Å². The summed E-state index contributed by atoms with van der Waals surface area (Å²) >= 11 is 0. The van der Waals surface area contributed by atoms with Crippen molar-refractivity contribution in [2.45, 2.75) is 96.6 Å². The summed E-state index contributed by atoms with van der Waals surface area (Å²) in [7, 11) is 3.25. The van der Waals surface area contributed by atoms with Crippen LogP contribution in [0.5, 0.6) is 5.75 Å². The van der Waals surface area contributed by atoms with Gasteiger partial charge >= 0.3 is 6.09 Å². The lowest BCUT2D eigenvalue weighted by molar-refractivity contribution is -0.124. The monoisotopic (exact) mass is 615 g/mol. The van der Waals surface area contributed by atoms with Crippen LogP contribution in [0.2, 0.25) is 0 Å². The molecule has 2 aliphatic rings. The van der Waals surface area contributed by atoms with Crippen LogP contribution < -0.4 is 15.0 Å². The van der Waals surface area contributed by atoms with Gasteiger partial charge in [0.1, 0.15) is 11.9 Å². The Bertz CT molecular complexity index is 1420. The second-order valence-electron chi connectivity index (χ2n) is 12.7. The predicted octanol–water partition coefficient (Wildman–Crippen LogP) is 7.28. The second-order valence-corrected chi connectivity index (χ2v) is 12.7. The van der Waals surface area contributed by atoms with Gasteiger partial charge in [0.05, 0.1) is 19.0 Å². The summed E-state index contributed by atoms with van der Waals surface area (Å²) < 4.78 is 12.9. The van der Waals surface area contributed by atoms with E-state index in [2.05, 4.69) is 58.8 Å². The quantitative estimate of drug-likeness (QED) is 0.243. The number of aryl methyl sites for hydroxylation is 2. The van der Waals surface area contributed by atoms with Crippen LogP contribution in [-0.4, -0.2) is 53.6 Å². The van der Waals surface area contributed by atoms with Gasteiger partial charge in [0.25, 0.3) is 0 Å². The lowest BCUT2D eigenvalue weighted by atomic mass is 9.79. The highest BCUT2D eigenvalue weighted by Crippen LogP contribution is 2.38. The fraction of sp³-hybridized carbons (Fsp3) is 0.556. The van der Waals surface area contributed by atoms with E-state index >= 15 is 0 Å². The van der Waals surface area contributed by atoms with Crippen molar-refractivity contribution in [3.05, 3.63) is 60.2 Å². The minimum Gasteiger partial charge on any atom is -0.495 e. The zero-order chi connectivity index (χ0) is 31.8. The Labute approximate surface area is 267 Å². The molecule has 2 fully saturated rings. The third-order valence-corrected chi connectivity index (χ3v) is 9.62. The van der Waals surface area contributed by atoms with Crippen LogP contribution in [0.3, 0.4) is 0 Å². The molecule has 1 N–H and O–H groups in total. The van der Waals surface area contributed by atoms with Crippen LogP contribution in [0.15, 0.2) is 48.8 Å². The molecule has 0 atom stereocenters. The molecule has 2 saturated carbocycles. The molecule has 1 aromatic carbocycles. The standard InChI is InChI=1S/C36H49N5O4/c1-5-6-20-40-24-30(22-38-40)29-8-7-9-31(21-29)41(35(42)28-14-16-32(17-15-28)45-36(43)37-3)23-26-10-12-27(13-11-26)33-18-19-34(44-4)25(2)39-33/h7-9,18-19,21-22,24,26-28,32H,5-6,10-17,20,23H2,1-4H3,(H,37,43)/t26-,27-,28-,32-. The zero-order valence-corrected chi connectivity index (χ0v) is 27.3. The molecule has 2 aliphatic carbocycles. The molecule has 0 bridgehead atoms. The lowest BCUT2D eigenvalue weighted by Gasteiger charge is -2.36. The molecule has 0 radical (unpaired) electrons. The first-order valence-electron chi connectivity index (χ1n) is 16.7. The summed E-state index contributed by atoms with van der Waals surface area (Å²) in [4.78, 5) is 32.9. The minimum absolute atomic E-state index is 0.0854. The number of amides is 2. The molecule has 2 aromatic heterocycles. The van der Waals surface area contributed by atoms with Crippen LogP contribution in [0.25, 0.3) is 11.1 Å². The Morgan fingerprint density at radius 3 is 2.49 bits per heavy atom. The molecule has 0 spiro atoms. The van der Waals surface area contributed by atoms with Crippen LogP contribution in [0, 0.1) is 18.8 Å². The smallest absolute Gasteiger partial charge is 0.407 e. The van der Waals surface area contributed by atoms with Gasteiger partial charge in [-0.1, -0.05) is 25.5 Å². The number of methoxy groups -OCH3 is 1. The molecular formula is C36H49N5O4. The number of carbonyl (C=O) groups excluding carboxylic acids is 2. The number of hydrogen-bond acceptors (Lipinski definition) is 6. The highest BCUT2D eigenvalue weighted by atomic mass is 16.6. The van der Waals surface area contributed by atoms with Crippen molar-refractivity contribution in [3.8, 4) is 16.9 Å². The highest BCUT2D eigenvalue weighted by Gasteiger charge is 2.34. The van der Waals surface area contributed by atoms with Gasteiger partial charge in [-0.2, -0.15) is 5.10 Å². The van der Waals surface area contributed by atoms with E-state index in [1.165, 1.54) is 0 Å². The predicted molar refractivity (Wildman–Crippen MR) is 176 cm³/mol. The summed E-state index contributed by atoms with van der Waals surface area (Å²) in [6, 6.07) is 12.5. The van der Waals surface area contributed by atoms with Gasteiger partial charge in [0.15, 0.2) is 0 Å². The average Bonchev–Trinajstić information content (AvgIpc) is 3.55. The molecule has 3 aromatic rings. The Balaban J connectivity index is 1.31. The first kappa shape index (κ1) is 32.5. The van der Waals surface area contributed by atoms with Gasteiger partial charge in [-0.25, -0.2) is 4.79 Å². The largest absolute Gasteiger partial charge is 0.495 e. The van der Waals surface area contributed by atoms with Crippen molar-refractivity contribution in [3.63, 3.8) is 0 Å². The van der Waals surface area contributed by atoms with E-state index in [-0.39, 0.29) is 17.9 Å². The van der Waals surface area contributed by atoms with Gasteiger partial charge in [-0.05, 0) is 100 Å². The fourth-order valence-corrected chi connectivity index (χ4v) is 6.90. The number of carbonyl (C=O) groups is 2. The first-order chi connectivity index (χ1) is 21.9. The van der Waals surface area contributed by atoms with E-state index < -0.39 is 6.09 Å². The summed E-state index contributed by atoms with van der Waals surface area (Å²) in [6.07, 6.45) is 12.8. The maximum Gasteiger partial charge on any atom is 0.407 e. The molecule has 9 nitrogen and oxygen atoms in total. The molecule has 0 unspecified atom stereocenters. The Morgan fingerprint density at radius 1 is 1.02 bits per heavy atom. The number of rotatable bonds is 11. The third kappa shape index (κ3) is 8.24. The molecule has 2 amide bonds.